The predicted molar refractivity (Wildman–Crippen MR) is 251 cm³/mol. The van der Waals surface area contributed by atoms with Crippen LogP contribution in [-0.2, 0) is 5.41 Å². The molecule has 284 valence electrons. The number of hydrogen-bond acceptors (Lipinski definition) is 2. The van der Waals surface area contributed by atoms with Gasteiger partial charge >= 0.3 is 0 Å². The van der Waals surface area contributed by atoms with E-state index in [9.17, 15) is 0 Å². The molecule has 11 aromatic rings. The smallest absolute Gasteiger partial charge is 0.143 e. The van der Waals surface area contributed by atoms with E-state index in [4.69, 9.17) is 4.42 Å². The summed E-state index contributed by atoms with van der Waals surface area (Å²) in [6.45, 7) is 4.70. The van der Waals surface area contributed by atoms with Crippen molar-refractivity contribution in [3.05, 3.63) is 217 Å². The van der Waals surface area contributed by atoms with E-state index in [1.165, 1.54) is 55.2 Å². The molecule has 12 rings (SSSR count). The molecule has 9 aromatic carbocycles. The van der Waals surface area contributed by atoms with E-state index in [0.29, 0.717) is 0 Å². The first kappa shape index (κ1) is 34.4. The van der Waals surface area contributed by atoms with Gasteiger partial charge in [-0.05, 0) is 112 Å². The molecule has 0 spiro atoms. The van der Waals surface area contributed by atoms with Crippen molar-refractivity contribution in [2.45, 2.75) is 19.3 Å². The van der Waals surface area contributed by atoms with Crippen LogP contribution in [0, 0.1) is 0 Å². The first-order valence-corrected chi connectivity index (χ1v) is 20.8. The van der Waals surface area contributed by atoms with E-state index < -0.39 is 0 Å². The Morgan fingerprint density at radius 2 is 1.05 bits per heavy atom. The standard InChI is InChI=1S/C57H40N2O/c1-57(2)51-23-9-6-18-45(51)46-32-31-43(36-52(46)57)58(42-17-12-14-39(34-42)44-21-13-22-49-48-20-8-11-25-55(48)60-56(44)49)41-29-26-37(27-30-41)38-28-33-54-50(35-38)47-19-7-10-24-53(47)59(54)40-15-4-3-5-16-40/h3-36H,1-2H3. The molecule has 0 unspecified atom stereocenters. The lowest BCUT2D eigenvalue weighted by molar-refractivity contribution is 0.660. The number of rotatable bonds is 6. The first-order valence-electron chi connectivity index (χ1n) is 20.8. The zero-order valence-electron chi connectivity index (χ0n) is 33.4. The van der Waals surface area contributed by atoms with Crippen molar-refractivity contribution in [2.24, 2.45) is 0 Å². The summed E-state index contributed by atoms with van der Waals surface area (Å²) >= 11 is 0. The summed E-state index contributed by atoms with van der Waals surface area (Å²) in [5.41, 5.74) is 18.5. The molecule has 0 fully saturated rings. The molecule has 0 saturated carbocycles. The van der Waals surface area contributed by atoms with Crippen LogP contribution < -0.4 is 4.90 Å². The van der Waals surface area contributed by atoms with Gasteiger partial charge in [0.15, 0.2) is 0 Å². The highest BCUT2D eigenvalue weighted by atomic mass is 16.3. The van der Waals surface area contributed by atoms with Gasteiger partial charge in [0.25, 0.3) is 0 Å². The minimum absolute atomic E-state index is 0.126. The Morgan fingerprint density at radius 3 is 1.93 bits per heavy atom. The van der Waals surface area contributed by atoms with E-state index in [0.717, 1.165) is 55.8 Å². The number of fused-ring (bicyclic) bond motifs is 9. The third-order valence-corrected chi connectivity index (χ3v) is 12.8. The largest absolute Gasteiger partial charge is 0.455 e. The van der Waals surface area contributed by atoms with Crippen LogP contribution in [-0.4, -0.2) is 4.57 Å². The molecule has 0 radical (unpaired) electrons. The van der Waals surface area contributed by atoms with Gasteiger partial charge in [-0.25, -0.2) is 0 Å². The maximum atomic E-state index is 6.53. The molecule has 60 heavy (non-hydrogen) atoms. The molecule has 1 aliphatic rings. The van der Waals surface area contributed by atoms with Crippen molar-refractivity contribution in [1.29, 1.82) is 0 Å². The summed E-state index contributed by atoms with van der Waals surface area (Å²) in [6, 6.07) is 74.9. The fourth-order valence-corrected chi connectivity index (χ4v) is 9.88. The minimum atomic E-state index is -0.126. The summed E-state index contributed by atoms with van der Waals surface area (Å²) < 4.78 is 8.90. The van der Waals surface area contributed by atoms with Gasteiger partial charge in [-0.1, -0.05) is 147 Å². The number of anilines is 3. The van der Waals surface area contributed by atoms with Crippen molar-refractivity contribution >= 4 is 60.8 Å². The molecule has 0 atom stereocenters. The van der Waals surface area contributed by atoms with Crippen molar-refractivity contribution in [1.82, 2.24) is 4.57 Å². The molecule has 0 saturated heterocycles. The lowest BCUT2D eigenvalue weighted by Gasteiger charge is -2.28. The summed E-state index contributed by atoms with van der Waals surface area (Å²) in [6.07, 6.45) is 0. The number of hydrogen-bond donors (Lipinski definition) is 0. The topological polar surface area (TPSA) is 21.3 Å². The molecule has 3 nitrogen and oxygen atoms in total. The summed E-state index contributed by atoms with van der Waals surface area (Å²) in [5.74, 6) is 0. The number of furan rings is 1. The van der Waals surface area contributed by atoms with E-state index in [1.807, 2.05) is 6.07 Å². The quantitative estimate of drug-likeness (QED) is 0.168. The van der Waals surface area contributed by atoms with Crippen LogP contribution in [0.15, 0.2) is 211 Å². The average molecular weight is 769 g/mol. The van der Waals surface area contributed by atoms with Crippen LogP contribution in [0.5, 0.6) is 0 Å². The highest BCUT2D eigenvalue weighted by Crippen LogP contribution is 2.51. The molecular weight excluding hydrogens is 729 g/mol. The van der Waals surface area contributed by atoms with E-state index in [-0.39, 0.29) is 5.41 Å². The monoisotopic (exact) mass is 768 g/mol. The maximum absolute atomic E-state index is 6.53. The van der Waals surface area contributed by atoms with Gasteiger partial charge in [0.2, 0.25) is 0 Å². The summed E-state index contributed by atoms with van der Waals surface area (Å²) in [7, 11) is 0. The van der Waals surface area contributed by atoms with Gasteiger partial charge in [0, 0.05) is 55.3 Å². The maximum Gasteiger partial charge on any atom is 0.143 e. The zero-order valence-corrected chi connectivity index (χ0v) is 33.4. The van der Waals surface area contributed by atoms with Crippen LogP contribution in [0.3, 0.4) is 0 Å². The van der Waals surface area contributed by atoms with Crippen LogP contribution in [0.2, 0.25) is 0 Å². The van der Waals surface area contributed by atoms with Gasteiger partial charge in [0.1, 0.15) is 11.2 Å². The molecule has 2 heterocycles. The van der Waals surface area contributed by atoms with Crippen LogP contribution >= 0.6 is 0 Å². The fraction of sp³-hybridized carbons (Fsp3) is 0.0526. The Hall–Kier alpha value is -7.62. The SMILES string of the molecule is CC1(C)c2ccccc2-c2ccc(N(c3ccc(-c4ccc5c(c4)c4ccccc4n5-c4ccccc4)cc3)c3cccc(-c4cccc5c4oc4ccccc45)c3)cc21. The number of benzene rings is 9. The van der Waals surface area contributed by atoms with Gasteiger partial charge in [-0.2, -0.15) is 0 Å². The molecule has 0 amide bonds. The van der Waals surface area contributed by atoms with Crippen molar-refractivity contribution in [2.75, 3.05) is 4.90 Å². The van der Waals surface area contributed by atoms with Crippen LogP contribution in [0.4, 0.5) is 17.1 Å². The molecule has 0 aliphatic heterocycles. The van der Waals surface area contributed by atoms with E-state index >= 15 is 0 Å². The van der Waals surface area contributed by atoms with Crippen molar-refractivity contribution in [3.8, 4) is 39.1 Å². The first-order chi connectivity index (χ1) is 29.5. The lowest BCUT2D eigenvalue weighted by atomic mass is 9.82. The van der Waals surface area contributed by atoms with Gasteiger partial charge < -0.3 is 13.9 Å². The van der Waals surface area contributed by atoms with Crippen molar-refractivity contribution < 1.29 is 4.42 Å². The van der Waals surface area contributed by atoms with Crippen LogP contribution in [0.25, 0.3) is 82.8 Å². The second-order valence-electron chi connectivity index (χ2n) is 16.5. The van der Waals surface area contributed by atoms with Gasteiger partial charge in [0.05, 0.1) is 11.0 Å². The summed E-state index contributed by atoms with van der Waals surface area (Å²) in [4.78, 5) is 2.40. The highest BCUT2D eigenvalue weighted by Gasteiger charge is 2.35. The fourth-order valence-electron chi connectivity index (χ4n) is 9.88. The third-order valence-electron chi connectivity index (χ3n) is 12.8. The molecule has 0 N–H and O–H groups in total. The molecule has 0 bridgehead atoms. The second-order valence-corrected chi connectivity index (χ2v) is 16.5. The van der Waals surface area contributed by atoms with Gasteiger partial charge in [-0.15, -0.1) is 0 Å². The third kappa shape index (κ3) is 5.22. The molecule has 1 aliphatic carbocycles. The van der Waals surface area contributed by atoms with Gasteiger partial charge in [-0.3, -0.25) is 0 Å². The number of nitrogens with zero attached hydrogens (tertiary/aromatic N) is 2. The normalized spacial score (nSPS) is 13.0. The second kappa shape index (κ2) is 13.2. The molecular formula is C57H40N2O. The predicted octanol–water partition coefficient (Wildman–Crippen LogP) is 15.8. The van der Waals surface area contributed by atoms with E-state index in [1.54, 1.807) is 0 Å². The Balaban J connectivity index is 0.992. The Labute approximate surface area is 349 Å². The Kier molecular flexibility index (Phi) is 7.58. The average Bonchev–Trinajstić information content (AvgIpc) is 3.92. The lowest BCUT2D eigenvalue weighted by Crippen LogP contribution is -2.16. The Morgan fingerprint density at radius 1 is 0.400 bits per heavy atom. The minimum Gasteiger partial charge on any atom is -0.455 e. The number of aromatic nitrogens is 1. The summed E-state index contributed by atoms with van der Waals surface area (Å²) in [5, 5.41) is 4.76. The highest BCUT2D eigenvalue weighted by molar-refractivity contribution is 6.11. The number of para-hydroxylation sites is 4. The van der Waals surface area contributed by atoms with E-state index in [2.05, 4.69) is 224 Å². The van der Waals surface area contributed by atoms with Crippen molar-refractivity contribution in [3.63, 3.8) is 0 Å². The Bertz CT molecular complexity index is 3460. The molecule has 2 aromatic heterocycles. The van der Waals surface area contributed by atoms with Crippen LogP contribution in [0.1, 0.15) is 25.0 Å². The zero-order chi connectivity index (χ0) is 40.0. The molecule has 3 heteroatoms.